The molecule has 7 nitrogen and oxygen atoms in total. The zero-order valence-electron chi connectivity index (χ0n) is 8.28. The highest BCUT2D eigenvalue weighted by Gasteiger charge is 2.50. The number of aromatic nitrogens is 2. The molecule has 2 aliphatic rings. The lowest BCUT2D eigenvalue weighted by Gasteiger charge is -2.14. The molecule has 2 aliphatic heterocycles. The number of rotatable bonds is 1. The number of hydrogen-bond acceptors (Lipinski definition) is 6. The fourth-order valence-corrected chi connectivity index (χ4v) is 2.04. The molecular weight excluding hydrogens is 214 g/mol. The molecule has 86 valence electrons. The third-order valence-corrected chi connectivity index (χ3v) is 2.84. The van der Waals surface area contributed by atoms with E-state index in [1.165, 1.54) is 6.07 Å². The largest absolute Gasteiger partial charge is 0.454 e. The summed E-state index contributed by atoms with van der Waals surface area (Å²) in [6.45, 7) is -0.253. The van der Waals surface area contributed by atoms with Gasteiger partial charge in [0.2, 0.25) is 0 Å². The van der Waals surface area contributed by atoms with Gasteiger partial charge >= 0.3 is 6.01 Å². The van der Waals surface area contributed by atoms with Crippen molar-refractivity contribution in [1.82, 2.24) is 9.55 Å². The Labute approximate surface area is 90.4 Å². The summed E-state index contributed by atoms with van der Waals surface area (Å²) in [5, 5.41) is 26.1. The van der Waals surface area contributed by atoms with E-state index >= 15 is 0 Å². The van der Waals surface area contributed by atoms with Crippen molar-refractivity contribution < 1.29 is 19.7 Å². The van der Waals surface area contributed by atoms with Crippen LogP contribution < -0.4 is 10.2 Å². The highest BCUT2D eigenvalue weighted by Crippen LogP contribution is 2.38. The zero-order chi connectivity index (χ0) is 11.3. The van der Waals surface area contributed by atoms with Gasteiger partial charge < -0.3 is 19.7 Å². The summed E-state index contributed by atoms with van der Waals surface area (Å²) < 4.78 is 12.5. The maximum Gasteiger partial charge on any atom is 0.301 e. The predicted molar refractivity (Wildman–Crippen MR) is 49.5 cm³/mol. The van der Waals surface area contributed by atoms with Crippen LogP contribution in [0.1, 0.15) is 6.23 Å². The van der Waals surface area contributed by atoms with Crippen LogP contribution in [0.5, 0.6) is 6.01 Å². The van der Waals surface area contributed by atoms with Crippen LogP contribution >= 0.6 is 0 Å². The van der Waals surface area contributed by atoms with Crippen molar-refractivity contribution in [2.75, 3.05) is 6.61 Å². The van der Waals surface area contributed by atoms with Gasteiger partial charge in [0.15, 0.2) is 17.8 Å². The van der Waals surface area contributed by atoms with E-state index in [-0.39, 0.29) is 18.1 Å². The molecule has 0 amide bonds. The third-order valence-electron chi connectivity index (χ3n) is 2.84. The first-order valence-electron chi connectivity index (χ1n) is 4.95. The van der Waals surface area contributed by atoms with Crippen LogP contribution in [-0.2, 0) is 4.74 Å². The third kappa shape index (κ3) is 1.19. The van der Waals surface area contributed by atoms with Crippen LogP contribution in [-0.4, -0.2) is 44.7 Å². The van der Waals surface area contributed by atoms with E-state index in [9.17, 15) is 5.11 Å². The van der Waals surface area contributed by atoms with Gasteiger partial charge in [0.05, 0.1) is 6.61 Å². The summed E-state index contributed by atoms with van der Waals surface area (Å²) in [6, 6.07) is 1.77. The normalized spacial score (nSPS) is 35.6. The van der Waals surface area contributed by atoms with Crippen LogP contribution in [0.3, 0.4) is 0 Å². The number of nitrogens with zero attached hydrogens (tertiary/aromatic N) is 2. The lowest BCUT2D eigenvalue weighted by Crippen LogP contribution is -2.34. The van der Waals surface area contributed by atoms with Gasteiger partial charge in [0.1, 0.15) is 12.2 Å². The summed E-state index contributed by atoms with van der Waals surface area (Å²) in [5.41, 5.74) is 0.0967. The minimum Gasteiger partial charge on any atom is -0.454 e. The number of nitrogens with one attached hydrogen (secondary N) is 1. The van der Waals surface area contributed by atoms with Gasteiger partial charge in [-0.25, -0.2) is 0 Å². The number of aliphatic hydroxyl groups is 2. The van der Waals surface area contributed by atoms with Crippen LogP contribution in [0.2, 0.25) is 0 Å². The van der Waals surface area contributed by atoms with Gasteiger partial charge in [-0.2, -0.15) is 4.98 Å². The molecule has 0 aromatic carbocycles. The predicted octanol–water partition coefficient (Wildman–Crippen LogP) is -1.63. The highest BCUT2D eigenvalue weighted by molar-refractivity contribution is 5.10. The Morgan fingerprint density at radius 3 is 3.12 bits per heavy atom. The molecule has 16 heavy (non-hydrogen) atoms. The van der Waals surface area contributed by atoms with Gasteiger partial charge in [0, 0.05) is 6.20 Å². The SMILES string of the molecule is N=c1ccn2c(n1)OC1C(O)[C@@H](CO)O[C@H]12. The quantitative estimate of drug-likeness (QED) is 0.533. The van der Waals surface area contributed by atoms with Gasteiger partial charge in [-0.1, -0.05) is 0 Å². The van der Waals surface area contributed by atoms with E-state index in [1.54, 1.807) is 10.8 Å². The van der Waals surface area contributed by atoms with E-state index < -0.39 is 24.5 Å². The number of hydrogen-bond donors (Lipinski definition) is 3. The zero-order valence-corrected chi connectivity index (χ0v) is 8.28. The molecular formula is C9H11N3O4. The first kappa shape index (κ1) is 9.76. The lowest BCUT2D eigenvalue weighted by atomic mass is 10.1. The summed E-state index contributed by atoms with van der Waals surface area (Å²) in [5.74, 6) is 0. The minimum atomic E-state index is -0.883. The van der Waals surface area contributed by atoms with Crippen molar-refractivity contribution in [2.45, 2.75) is 24.5 Å². The molecule has 7 heteroatoms. The van der Waals surface area contributed by atoms with Crippen molar-refractivity contribution in [3.63, 3.8) is 0 Å². The second-order valence-electron chi connectivity index (χ2n) is 3.82. The van der Waals surface area contributed by atoms with E-state index in [0.717, 1.165) is 0 Å². The Morgan fingerprint density at radius 1 is 1.56 bits per heavy atom. The Balaban J connectivity index is 1.99. The maximum absolute atomic E-state index is 9.80. The average molecular weight is 225 g/mol. The van der Waals surface area contributed by atoms with Crippen molar-refractivity contribution in [1.29, 1.82) is 5.41 Å². The topological polar surface area (TPSA) is 101 Å². The molecule has 1 aromatic rings. The molecule has 2 unspecified atom stereocenters. The Kier molecular flexibility index (Phi) is 2.00. The van der Waals surface area contributed by atoms with Crippen LogP contribution in [0, 0.1) is 5.41 Å². The Morgan fingerprint density at radius 2 is 2.38 bits per heavy atom. The molecule has 1 saturated heterocycles. The second kappa shape index (κ2) is 3.27. The van der Waals surface area contributed by atoms with Crippen LogP contribution in [0.4, 0.5) is 0 Å². The molecule has 0 saturated carbocycles. The summed E-state index contributed by atoms with van der Waals surface area (Å²) in [4.78, 5) is 3.88. The molecule has 0 aliphatic carbocycles. The van der Waals surface area contributed by atoms with E-state index in [0.29, 0.717) is 0 Å². The van der Waals surface area contributed by atoms with E-state index in [2.05, 4.69) is 4.98 Å². The monoisotopic (exact) mass is 225 g/mol. The van der Waals surface area contributed by atoms with E-state index in [4.69, 9.17) is 20.0 Å². The van der Waals surface area contributed by atoms with Crippen molar-refractivity contribution in [3.05, 3.63) is 17.8 Å². The molecule has 4 atom stereocenters. The Hall–Kier alpha value is -1.44. The molecule has 0 spiro atoms. The van der Waals surface area contributed by atoms with Crippen molar-refractivity contribution in [2.24, 2.45) is 0 Å². The smallest absolute Gasteiger partial charge is 0.301 e. The summed E-state index contributed by atoms with van der Waals surface area (Å²) in [7, 11) is 0. The van der Waals surface area contributed by atoms with Crippen molar-refractivity contribution >= 4 is 0 Å². The molecule has 1 aromatic heterocycles. The molecule has 0 bridgehead atoms. The maximum atomic E-state index is 9.80. The molecule has 3 N–H and O–H groups in total. The first-order chi connectivity index (χ1) is 7.70. The van der Waals surface area contributed by atoms with Gasteiger partial charge in [-0.05, 0) is 6.07 Å². The minimum absolute atomic E-state index is 0.0967. The Bertz CT molecular complexity index is 474. The fraction of sp³-hybridized carbons (Fsp3) is 0.556. The molecule has 3 rings (SSSR count). The molecule has 1 fully saturated rings. The number of ether oxygens (including phenoxy) is 2. The van der Waals surface area contributed by atoms with Crippen molar-refractivity contribution in [3.8, 4) is 6.01 Å². The van der Waals surface area contributed by atoms with E-state index in [1.807, 2.05) is 0 Å². The standard InChI is InChI=1S/C9H11N3O4/c10-5-1-2-12-8-7(16-9(12)11-5)6(14)4(3-13)15-8/h1-2,4,6-8,10,13-14H,3H2/t4-,6?,7?,8-/m1/s1. The molecule has 0 radical (unpaired) electrons. The van der Waals surface area contributed by atoms with Gasteiger partial charge in [-0.3, -0.25) is 9.98 Å². The fourth-order valence-electron chi connectivity index (χ4n) is 2.04. The summed E-state index contributed by atoms with van der Waals surface area (Å²) in [6.07, 6.45) is -0.930. The van der Waals surface area contributed by atoms with Gasteiger partial charge in [-0.15, -0.1) is 0 Å². The van der Waals surface area contributed by atoms with Gasteiger partial charge in [0.25, 0.3) is 0 Å². The lowest BCUT2D eigenvalue weighted by molar-refractivity contribution is -0.0434. The second-order valence-corrected chi connectivity index (χ2v) is 3.82. The average Bonchev–Trinajstić information content (AvgIpc) is 2.75. The van der Waals surface area contributed by atoms with Crippen LogP contribution in [0.15, 0.2) is 12.3 Å². The summed E-state index contributed by atoms with van der Waals surface area (Å²) >= 11 is 0. The molecule has 3 heterocycles. The number of fused-ring (bicyclic) bond motifs is 3. The highest BCUT2D eigenvalue weighted by atomic mass is 16.6. The number of aliphatic hydroxyl groups excluding tert-OH is 2. The first-order valence-corrected chi connectivity index (χ1v) is 4.95. The van der Waals surface area contributed by atoms with Crippen LogP contribution in [0.25, 0.3) is 0 Å².